The lowest BCUT2D eigenvalue weighted by molar-refractivity contribution is -0.129. The van der Waals surface area contributed by atoms with Crippen molar-refractivity contribution in [3.05, 3.63) is 66.1 Å². The van der Waals surface area contributed by atoms with E-state index >= 15 is 0 Å². The molecule has 0 saturated carbocycles. The third kappa shape index (κ3) is 2.77. The van der Waals surface area contributed by atoms with E-state index in [-0.39, 0.29) is 17.7 Å². The number of carbonyl (C=O) groups is 1. The van der Waals surface area contributed by atoms with Gasteiger partial charge in [0.1, 0.15) is 0 Å². The van der Waals surface area contributed by atoms with Crippen LogP contribution in [0.4, 0.5) is 0 Å². The van der Waals surface area contributed by atoms with E-state index in [1.807, 2.05) is 42.1 Å². The molecule has 0 saturated heterocycles. The number of nitrogens with one attached hydrogen (secondary N) is 1. The Kier molecular flexibility index (Phi) is 4.24. The lowest BCUT2D eigenvalue weighted by atomic mass is 9.96. The van der Waals surface area contributed by atoms with E-state index in [0.717, 1.165) is 35.0 Å². The van der Waals surface area contributed by atoms with Crippen molar-refractivity contribution in [1.82, 2.24) is 19.4 Å². The molecule has 0 spiro atoms. The van der Waals surface area contributed by atoms with Crippen LogP contribution < -0.4 is 0 Å². The number of imidazole rings is 1. The summed E-state index contributed by atoms with van der Waals surface area (Å²) >= 11 is 0. The molecule has 2 aromatic heterocycles. The van der Waals surface area contributed by atoms with Crippen molar-refractivity contribution < 1.29 is 9.90 Å². The summed E-state index contributed by atoms with van der Waals surface area (Å²) in [6.07, 6.45) is 8.79. The van der Waals surface area contributed by atoms with Crippen LogP contribution in [0.3, 0.4) is 0 Å². The van der Waals surface area contributed by atoms with Gasteiger partial charge in [0, 0.05) is 42.8 Å². The Morgan fingerprint density at radius 1 is 1.27 bits per heavy atom. The number of amides is 1. The number of aromatic amines is 1. The summed E-state index contributed by atoms with van der Waals surface area (Å²) < 4.78 is 2.00. The van der Waals surface area contributed by atoms with Crippen molar-refractivity contribution in [3.63, 3.8) is 0 Å². The summed E-state index contributed by atoms with van der Waals surface area (Å²) in [5, 5.41) is 11.5. The first kappa shape index (κ1) is 16.4. The molecule has 6 nitrogen and oxygen atoms in total. The maximum atomic E-state index is 12.7. The number of aliphatic hydroxyl groups excluding tert-OH is 1. The highest BCUT2D eigenvalue weighted by atomic mass is 16.3. The van der Waals surface area contributed by atoms with E-state index in [2.05, 4.69) is 16.0 Å². The number of nitrogens with zero attached hydrogens (tertiary/aromatic N) is 3. The molecule has 6 heteroatoms. The monoisotopic (exact) mass is 350 g/mol. The fraction of sp³-hybridized carbons (Fsp3) is 0.300. The first-order valence-electron chi connectivity index (χ1n) is 8.94. The summed E-state index contributed by atoms with van der Waals surface area (Å²) in [4.78, 5) is 21.7. The molecular weight excluding hydrogens is 328 g/mol. The topological polar surface area (TPSA) is 74.2 Å². The lowest BCUT2D eigenvalue weighted by Crippen LogP contribution is -2.32. The van der Waals surface area contributed by atoms with Gasteiger partial charge < -0.3 is 19.6 Å². The predicted octanol–water partition coefficient (Wildman–Crippen LogP) is 3.56. The fourth-order valence-electron chi connectivity index (χ4n) is 3.77. The molecule has 1 amide bonds. The van der Waals surface area contributed by atoms with Crippen molar-refractivity contribution in [2.75, 3.05) is 6.54 Å². The van der Waals surface area contributed by atoms with E-state index in [4.69, 9.17) is 0 Å². The van der Waals surface area contributed by atoms with Crippen LogP contribution in [0.2, 0.25) is 0 Å². The third-order valence-corrected chi connectivity index (χ3v) is 5.06. The Balaban J connectivity index is 1.61. The van der Waals surface area contributed by atoms with Gasteiger partial charge >= 0.3 is 0 Å². The first-order valence-corrected chi connectivity index (χ1v) is 8.94. The van der Waals surface area contributed by atoms with Crippen LogP contribution in [-0.2, 0) is 11.3 Å². The van der Waals surface area contributed by atoms with Crippen molar-refractivity contribution in [3.8, 4) is 0 Å². The Bertz CT molecular complexity index is 955. The normalized spacial score (nSPS) is 17.7. The molecule has 4 rings (SSSR count). The molecule has 0 fully saturated rings. The highest BCUT2D eigenvalue weighted by Gasteiger charge is 2.39. The Labute approximate surface area is 151 Å². The van der Waals surface area contributed by atoms with Crippen molar-refractivity contribution in [1.29, 1.82) is 0 Å². The molecule has 3 aromatic rings. The van der Waals surface area contributed by atoms with Gasteiger partial charge in [-0.2, -0.15) is 0 Å². The molecule has 2 N–H and O–H groups in total. The molecule has 0 aliphatic carbocycles. The summed E-state index contributed by atoms with van der Waals surface area (Å²) in [6, 6.07) is 7.99. The van der Waals surface area contributed by atoms with Gasteiger partial charge in [-0.25, -0.2) is 4.98 Å². The highest BCUT2D eigenvalue weighted by Crippen LogP contribution is 2.39. The van der Waals surface area contributed by atoms with Gasteiger partial charge in [0.2, 0.25) is 0 Å². The van der Waals surface area contributed by atoms with E-state index < -0.39 is 0 Å². The molecule has 26 heavy (non-hydrogen) atoms. The average molecular weight is 350 g/mol. The van der Waals surface area contributed by atoms with E-state index in [9.17, 15) is 9.90 Å². The van der Waals surface area contributed by atoms with Gasteiger partial charge in [0.05, 0.1) is 12.4 Å². The number of H-pyrrole nitrogens is 1. The lowest BCUT2D eigenvalue weighted by Gasteiger charge is -2.27. The number of benzene rings is 1. The highest BCUT2D eigenvalue weighted by molar-refractivity contribution is 5.95. The quantitative estimate of drug-likeness (QED) is 0.714. The Hall–Kier alpha value is -3.02. The molecule has 0 bridgehead atoms. The van der Waals surface area contributed by atoms with Crippen LogP contribution in [0.1, 0.15) is 31.4 Å². The molecule has 1 aliphatic rings. The molecule has 1 aliphatic heterocycles. The van der Waals surface area contributed by atoms with Gasteiger partial charge in [0.25, 0.3) is 5.91 Å². The third-order valence-electron chi connectivity index (χ3n) is 5.06. The fourth-order valence-corrected chi connectivity index (χ4v) is 3.77. The summed E-state index contributed by atoms with van der Waals surface area (Å²) in [6.45, 7) is 3.35. The first-order chi connectivity index (χ1) is 12.7. The van der Waals surface area contributed by atoms with Gasteiger partial charge in [-0.1, -0.05) is 13.0 Å². The summed E-state index contributed by atoms with van der Waals surface area (Å²) in [5.41, 5.74) is 2.90. The molecular formula is C20H22N4O2. The van der Waals surface area contributed by atoms with Crippen molar-refractivity contribution in [2.24, 2.45) is 0 Å². The SMILES string of the molecule is CCC1=C(O)C(=O)N(CCCn2ccnc2)C1c1ccc2[nH]ccc2c1. The maximum Gasteiger partial charge on any atom is 0.289 e. The molecule has 1 aromatic carbocycles. The largest absolute Gasteiger partial charge is 0.503 e. The van der Waals surface area contributed by atoms with Gasteiger partial charge in [-0.05, 0) is 42.0 Å². The van der Waals surface area contributed by atoms with Crippen LogP contribution >= 0.6 is 0 Å². The van der Waals surface area contributed by atoms with Crippen LogP contribution in [0.5, 0.6) is 0 Å². The predicted molar refractivity (Wildman–Crippen MR) is 99.5 cm³/mol. The zero-order valence-corrected chi connectivity index (χ0v) is 14.7. The number of carbonyl (C=O) groups excluding carboxylic acids is 1. The second-order valence-electron chi connectivity index (χ2n) is 6.61. The number of rotatable bonds is 6. The number of aromatic nitrogens is 3. The average Bonchev–Trinajstić information content (AvgIpc) is 3.37. The van der Waals surface area contributed by atoms with Gasteiger partial charge in [0.15, 0.2) is 5.76 Å². The van der Waals surface area contributed by atoms with E-state index in [1.54, 1.807) is 17.4 Å². The standard InChI is InChI=1S/C20H22N4O2/c1-2-16-18(15-4-5-17-14(12-15)6-7-22-17)24(20(26)19(16)25)10-3-9-23-11-8-21-13-23/h4-8,11-13,18,22,25H,2-3,9-10H2,1H3. The minimum atomic E-state index is -0.272. The zero-order valence-electron chi connectivity index (χ0n) is 14.7. The second kappa shape index (κ2) is 6.71. The van der Waals surface area contributed by atoms with E-state index in [1.165, 1.54) is 0 Å². The molecule has 1 unspecified atom stereocenters. The van der Waals surface area contributed by atoms with Crippen LogP contribution in [-0.4, -0.2) is 37.0 Å². The summed E-state index contributed by atoms with van der Waals surface area (Å²) in [7, 11) is 0. The number of aliphatic hydroxyl groups is 1. The molecule has 0 radical (unpaired) electrons. The number of hydrogen-bond acceptors (Lipinski definition) is 3. The van der Waals surface area contributed by atoms with Crippen molar-refractivity contribution >= 4 is 16.8 Å². The molecule has 134 valence electrons. The molecule has 1 atom stereocenters. The summed E-state index contributed by atoms with van der Waals surface area (Å²) in [5.74, 6) is -0.360. The minimum Gasteiger partial charge on any atom is -0.503 e. The number of aryl methyl sites for hydroxylation is 1. The minimum absolute atomic E-state index is 0.0886. The van der Waals surface area contributed by atoms with Crippen LogP contribution in [0, 0.1) is 0 Å². The van der Waals surface area contributed by atoms with Crippen LogP contribution in [0.15, 0.2) is 60.5 Å². The van der Waals surface area contributed by atoms with Crippen molar-refractivity contribution in [2.45, 2.75) is 32.4 Å². The van der Waals surface area contributed by atoms with Crippen LogP contribution in [0.25, 0.3) is 10.9 Å². The van der Waals surface area contributed by atoms with E-state index in [0.29, 0.717) is 13.0 Å². The zero-order chi connectivity index (χ0) is 18.1. The Morgan fingerprint density at radius 2 is 2.15 bits per heavy atom. The number of fused-ring (bicyclic) bond motifs is 1. The Morgan fingerprint density at radius 3 is 2.92 bits per heavy atom. The van der Waals surface area contributed by atoms with Gasteiger partial charge in [-0.3, -0.25) is 4.79 Å². The number of hydrogen-bond donors (Lipinski definition) is 2. The smallest absolute Gasteiger partial charge is 0.289 e. The van der Waals surface area contributed by atoms with Gasteiger partial charge in [-0.15, -0.1) is 0 Å². The molecule has 3 heterocycles. The second-order valence-corrected chi connectivity index (χ2v) is 6.61. The maximum absolute atomic E-state index is 12.7.